The molecule has 1 aliphatic rings. The summed E-state index contributed by atoms with van der Waals surface area (Å²) in [6, 6.07) is 8.00. The fourth-order valence-electron chi connectivity index (χ4n) is 3.48. The number of nitrogens with zero attached hydrogens (tertiary/aromatic N) is 2. The number of nitrogens with one attached hydrogen (secondary N) is 2. The highest BCUT2D eigenvalue weighted by atomic mass is 16.5. The molecule has 0 aliphatic carbocycles. The van der Waals surface area contributed by atoms with E-state index in [0.717, 1.165) is 0 Å². The smallest absolute Gasteiger partial charge is 0.258 e. The number of aliphatic hydroxyl groups excluding tert-OH is 1. The van der Waals surface area contributed by atoms with Gasteiger partial charge in [0.1, 0.15) is 6.10 Å². The average molecular weight is 412 g/mol. The van der Waals surface area contributed by atoms with Gasteiger partial charge in [-0.05, 0) is 38.2 Å². The summed E-state index contributed by atoms with van der Waals surface area (Å²) in [5, 5.41) is 15.7. The molecule has 0 fully saturated rings. The Balaban J connectivity index is 2.03. The van der Waals surface area contributed by atoms with Crippen LogP contribution in [0.5, 0.6) is 5.75 Å². The van der Waals surface area contributed by atoms with Gasteiger partial charge < -0.3 is 25.4 Å². The molecule has 2 aromatic rings. The van der Waals surface area contributed by atoms with E-state index >= 15 is 0 Å². The summed E-state index contributed by atoms with van der Waals surface area (Å²) in [5.74, 6) is -0.205. The molecule has 2 heterocycles. The number of hydrogen-bond donors (Lipinski definition) is 3. The molecule has 3 rings (SSSR count). The highest BCUT2D eigenvalue weighted by molar-refractivity contribution is 6.07. The van der Waals surface area contributed by atoms with Crippen LogP contribution in [-0.2, 0) is 0 Å². The molecule has 0 radical (unpaired) electrons. The Labute approximate surface area is 176 Å². The van der Waals surface area contributed by atoms with Crippen molar-refractivity contribution in [2.75, 3.05) is 32.1 Å². The highest BCUT2D eigenvalue weighted by Crippen LogP contribution is 2.34. The number of carbonyl (C=O) groups excluding carboxylic acids is 2. The molecular formula is C22H28N4O4. The molecule has 1 aliphatic heterocycles. The molecule has 2 amide bonds. The van der Waals surface area contributed by atoms with Crippen LogP contribution < -0.4 is 15.4 Å². The molecule has 3 atom stereocenters. The van der Waals surface area contributed by atoms with E-state index in [1.165, 1.54) is 0 Å². The first kappa shape index (κ1) is 21.7. The lowest BCUT2D eigenvalue weighted by atomic mass is 9.99. The molecular weight excluding hydrogens is 384 g/mol. The molecule has 30 heavy (non-hydrogen) atoms. The van der Waals surface area contributed by atoms with Gasteiger partial charge in [-0.15, -0.1) is 0 Å². The van der Waals surface area contributed by atoms with Crippen molar-refractivity contribution in [3.63, 3.8) is 0 Å². The first-order valence-corrected chi connectivity index (χ1v) is 10.0. The minimum atomic E-state index is -0.337. The summed E-state index contributed by atoms with van der Waals surface area (Å²) in [7, 11) is 1.84. The maximum Gasteiger partial charge on any atom is 0.258 e. The van der Waals surface area contributed by atoms with Crippen LogP contribution in [0.2, 0.25) is 0 Å². The monoisotopic (exact) mass is 412 g/mol. The molecule has 8 heteroatoms. The number of carbonyl (C=O) groups is 2. The molecule has 1 aromatic heterocycles. The first-order chi connectivity index (χ1) is 14.5. The molecule has 0 unspecified atom stereocenters. The Morgan fingerprint density at radius 2 is 2.07 bits per heavy atom. The maximum atomic E-state index is 13.3. The van der Waals surface area contributed by atoms with Crippen LogP contribution in [0.25, 0.3) is 0 Å². The van der Waals surface area contributed by atoms with E-state index in [2.05, 4.69) is 15.6 Å². The van der Waals surface area contributed by atoms with Gasteiger partial charge in [-0.3, -0.25) is 14.6 Å². The predicted molar refractivity (Wildman–Crippen MR) is 114 cm³/mol. The van der Waals surface area contributed by atoms with Crippen molar-refractivity contribution in [2.24, 2.45) is 5.92 Å². The Morgan fingerprint density at radius 3 is 2.73 bits per heavy atom. The lowest BCUT2D eigenvalue weighted by Gasteiger charge is -2.37. The fourth-order valence-corrected chi connectivity index (χ4v) is 3.48. The normalized spacial score (nSPS) is 19.9. The molecule has 0 saturated carbocycles. The zero-order chi connectivity index (χ0) is 21.7. The Morgan fingerprint density at radius 1 is 1.33 bits per heavy atom. The number of likely N-dealkylation sites (N-methyl/N-ethyl adjacent to an activating group) is 1. The number of fused-ring (bicyclic) bond motifs is 1. The van der Waals surface area contributed by atoms with Crippen molar-refractivity contribution in [1.82, 2.24) is 15.2 Å². The second-order valence-corrected chi connectivity index (χ2v) is 7.55. The van der Waals surface area contributed by atoms with Crippen LogP contribution in [-0.4, -0.2) is 65.7 Å². The highest BCUT2D eigenvalue weighted by Gasteiger charge is 2.33. The van der Waals surface area contributed by atoms with Crippen LogP contribution in [0.4, 0.5) is 5.69 Å². The number of aromatic nitrogens is 1. The summed E-state index contributed by atoms with van der Waals surface area (Å²) in [4.78, 5) is 31.6. The van der Waals surface area contributed by atoms with Gasteiger partial charge in [-0.25, -0.2) is 0 Å². The van der Waals surface area contributed by atoms with Crippen molar-refractivity contribution in [3.8, 4) is 5.75 Å². The largest absolute Gasteiger partial charge is 0.486 e. The number of amides is 2. The zero-order valence-electron chi connectivity index (χ0n) is 17.5. The maximum absolute atomic E-state index is 13.3. The Hall–Kier alpha value is -2.97. The zero-order valence-corrected chi connectivity index (χ0v) is 17.5. The first-order valence-electron chi connectivity index (χ1n) is 10.0. The number of para-hydroxylation sites is 1. The third-order valence-corrected chi connectivity index (χ3v) is 5.29. The molecule has 1 aromatic carbocycles. The van der Waals surface area contributed by atoms with Gasteiger partial charge >= 0.3 is 0 Å². The SMILES string of the molecule is CNC[C@@H]1Oc2c(NC(=O)c3ccncc3)cccc2C(=O)N([C@@H](C)CO)C[C@H]1C. The van der Waals surface area contributed by atoms with Crippen molar-refractivity contribution in [3.05, 3.63) is 53.9 Å². The van der Waals surface area contributed by atoms with Crippen LogP contribution in [0, 0.1) is 5.92 Å². The molecule has 0 bridgehead atoms. The number of anilines is 1. The summed E-state index contributed by atoms with van der Waals surface area (Å²) in [6.07, 6.45) is 2.86. The summed E-state index contributed by atoms with van der Waals surface area (Å²) in [6.45, 7) is 4.72. The molecule has 0 spiro atoms. The quantitative estimate of drug-likeness (QED) is 0.668. The lowest BCUT2D eigenvalue weighted by Crippen LogP contribution is -2.49. The second-order valence-electron chi connectivity index (χ2n) is 7.55. The molecule has 160 valence electrons. The standard InChI is InChI=1S/C22H28N4O4/c1-14-12-26(15(2)13-27)22(29)17-5-4-6-18(20(17)30-19(14)11-23-3)25-21(28)16-7-9-24-10-8-16/h4-10,14-15,19,23,27H,11-13H2,1-3H3,(H,25,28)/t14-,15+,19+/m1/s1. The number of aliphatic hydroxyl groups is 1. The van der Waals surface area contributed by atoms with E-state index in [1.807, 2.05) is 20.9 Å². The van der Waals surface area contributed by atoms with Gasteiger partial charge in [0, 0.05) is 37.0 Å². The summed E-state index contributed by atoms with van der Waals surface area (Å²) < 4.78 is 6.29. The van der Waals surface area contributed by atoms with E-state index in [0.29, 0.717) is 35.7 Å². The van der Waals surface area contributed by atoms with E-state index < -0.39 is 0 Å². The average Bonchev–Trinajstić information content (AvgIpc) is 2.76. The topological polar surface area (TPSA) is 104 Å². The summed E-state index contributed by atoms with van der Waals surface area (Å²) >= 11 is 0. The van der Waals surface area contributed by atoms with Crippen molar-refractivity contribution in [1.29, 1.82) is 0 Å². The molecule has 3 N–H and O–H groups in total. The van der Waals surface area contributed by atoms with E-state index in [4.69, 9.17) is 4.74 Å². The third kappa shape index (κ3) is 4.60. The number of ether oxygens (including phenoxy) is 1. The van der Waals surface area contributed by atoms with Crippen molar-refractivity contribution < 1.29 is 19.4 Å². The van der Waals surface area contributed by atoms with Gasteiger partial charge in [0.25, 0.3) is 11.8 Å². The Bertz CT molecular complexity index is 890. The van der Waals surface area contributed by atoms with E-state index in [1.54, 1.807) is 47.6 Å². The van der Waals surface area contributed by atoms with Gasteiger partial charge in [-0.1, -0.05) is 13.0 Å². The summed E-state index contributed by atoms with van der Waals surface area (Å²) in [5.41, 5.74) is 1.24. The number of hydrogen-bond acceptors (Lipinski definition) is 6. The second kappa shape index (κ2) is 9.69. The number of benzene rings is 1. The minimum absolute atomic E-state index is 0.00695. The fraction of sp³-hybridized carbons (Fsp3) is 0.409. The van der Waals surface area contributed by atoms with Crippen LogP contribution in [0.1, 0.15) is 34.6 Å². The third-order valence-electron chi connectivity index (χ3n) is 5.29. The lowest BCUT2D eigenvalue weighted by molar-refractivity contribution is 0.0417. The Kier molecular flexibility index (Phi) is 7.02. The van der Waals surface area contributed by atoms with Crippen LogP contribution >= 0.6 is 0 Å². The van der Waals surface area contributed by atoms with E-state index in [-0.39, 0.29) is 36.5 Å². The number of rotatable bonds is 6. The predicted octanol–water partition coefficient (Wildman–Crippen LogP) is 1.77. The van der Waals surface area contributed by atoms with Crippen LogP contribution in [0.3, 0.4) is 0 Å². The molecule has 0 saturated heterocycles. The van der Waals surface area contributed by atoms with Crippen LogP contribution in [0.15, 0.2) is 42.7 Å². The van der Waals surface area contributed by atoms with Gasteiger partial charge in [0.15, 0.2) is 5.75 Å². The number of pyridine rings is 1. The molecule has 8 nitrogen and oxygen atoms in total. The van der Waals surface area contributed by atoms with Gasteiger partial charge in [-0.2, -0.15) is 0 Å². The van der Waals surface area contributed by atoms with Crippen molar-refractivity contribution in [2.45, 2.75) is 26.0 Å². The van der Waals surface area contributed by atoms with Gasteiger partial charge in [0.2, 0.25) is 0 Å². The van der Waals surface area contributed by atoms with Crippen molar-refractivity contribution >= 4 is 17.5 Å². The minimum Gasteiger partial charge on any atom is -0.486 e. The van der Waals surface area contributed by atoms with Gasteiger partial charge in [0.05, 0.1) is 23.9 Å². The van der Waals surface area contributed by atoms with E-state index in [9.17, 15) is 14.7 Å².